The van der Waals surface area contributed by atoms with E-state index in [1.165, 1.54) is 18.2 Å². The highest BCUT2D eigenvalue weighted by Gasteiger charge is 2.77. The third-order valence-corrected chi connectivity index (χ3v) is 9.89. The number of halogens is 1. The number of esters is 1. The Morgan fingerprint density at radius 1 is 1.13 bits per heavy atom. The first-order chi connectivity index (χ1) is 18.3. The Labute approximate surface area is 225 Å². The van der Waals surface area contributed by atoms with E-state index in [4.69, 9.17) is 15.2 Å². The van der Waals surface area contributed by atoms with Crippen LogP contribution in [0.15, 0.2) is 23.8 Å². The SMILES string of the molecule is C[C@]12C=CC(=O)C=C1CCC1C3C[C@@H](O)[C@](OC(=O)CCCCCON(O)O)(C(=O)CO)[C@@]3(C)C[C@H](O)[C@@]12F. The van der Waals surface area contributed by atoms with Crippen molar-refractivity contribution in [3.63, 3.8) is 0 Å². The fourth-order valence-electron chi connectivity index (χ4n) is 8.00. The quantitative estimate of drug-likeness (QED) is 0.151. The molecule has 11 nitrogen and oxygen atoms in total. The molecule has 0 aromatic rings. The lowest BCUT2D eigenvalue weighted by atomic mass is 9.44. The standard InChI is InChI=1S/C27H38FNO10/c1-24-10-9-17(31)12-16(24)7-8-18-19-13-20(32)27(22(34)15-30,25(19,2)14-21(33)26(18,24)28)39-23(35)6-4-3-5-11-38-29(36)37/h9-10,12,18-21,30,32-33,36-37H,3-8,11,13-15H2,1-2H3/t18?,19?,20-,21+,24+,25+,26+,27+/m1/s1. The molecule has 0 amide bonds. The van der Waals surface area contributed by atoms with Crippen molar-refractivity contribution >= 4 is 17.5 Å². The summed E-state index contributed by atoms with van der Waals surface area (Å²) in [7, 11) is 0. The summed E-state index contributed by atoms with van der Waals surface area (Å²) < 4.78 is 23.1. The van der Waals surface area contributed by atoms with Gasteiger partial charge in [0.15, 0.2) is 11.5 Å². The van der Waals surface area contributed by atoms with Gasteiger partial charge in [0.05, 0.1) is 18.1 Å². The normalized spacial score (nSPS) is 41.1. The van der Waals surface area contributed by atoms with E-state index in [2.05, 4.69) is 4.84 Å². The second kappa shape index (κ2) is 10.7. The minimum absolute atomic E-state index is 0.00310. The van der Waals surface area contributed by atoms with E-state index in [-0.39, 0.29) is 38.1 Å². The van der Waals surface area contributed by atoms with E-state index < -0.39 is 69.9 Å². The maximum absolute atomic E-state index is 17.3. The van der Waals surface area contributed by atoms with Gasteiger partial charge < -0.3 is 20.1 Å². The molecule has 0 spiro atoms. The number of ether oxygens (including phenoxy) is 1. The summed E-state index contributed by atoms with van der Waals surface area (Å²) in [4.78, 5) is 42.7. The number of unbranched alkanes of at least 4 members (excludes halogenated alkanes) is 2. The number of hydrogen-bond donors (Lipinski definition) is 5. The van der Waals surface area contributed by atoms with Crippen molar-refractivity contribution in [2.24, 2.45) is 22.7 Å². The van der Waals surface area contributed by atoms with Gasteiger partial charge in [-0.1, -0.05) is 25.0 Å². The van der Waals surface area contributed by atoms with Gasteiger partial charge in [-0.05, 0) is 63.5 Å². The van der Waals surface area contributed by atoms with E-state index in [9.17, 15) is 29.7 Å². The molecule has 0 aromatic carbocycles. The molecular weight excluding hydrogens is 517 g/mol. The van der Waals surface area contributed by atoms with Crippen molar-refractivity contribution in [3.05, 3.63) is 23.8 Å². The molecule has 3 fully saturated rings. The molecular formula is C27H38FNO10. The van der Waals surface area contributed by atoms with Gasteiger partial charge in [0.2, 0.25) is 11.4 Å². The number of fused-ring (bicyclic) bond motifs is 5. The van der Waals surface area contributed by atoms with E-state index in [0.717, 1.165) is 0 Å². The lowest BCUT2D eigenvalue weighted by molar-refractivity contribution is -0.492. The van der Waals surface area contributed by atoms with Crippen LogP contribution in [-0.2, 0) is 24.0 Å². The lowest BCUT2D eigenvalue weighted by Crippen LogP contribution is -2.70. The van der Waals surface area contributed by atoms with Crippen molar-refractivity contribution < 1.29 is 54.1 Å². The summed E-state index contributed by atoms with van der Waals surface area (Å²) in [6.45, 7) is 2.25. The molecule has 4 aliphatic rings. The average Bonchev–Trinajstić information content (AvgIpc) is 3.08. The number of aliphatic hydroxyl groups is 3. The van der Waals surface area contributed by atoms with Gasteiger partial charge in [-0.2, -0.15) is 0 Å². The van der Waals surface area contributed by atoms with Crippen LogP contribution in [-0.4, -0.2) is 85.4 Å². The number of rotatable bonds is 10. The van der Waals surface area contributed by atoms with E-state index >= 15 is 4.39 Å². The van der Waals surface area contributed by atoms with Crippen molar-refractivity contribution in [2.45, 2.75) is 88.7 Å². The Hall–Kier alpha value is -2.06. The molecule has 2 unspecified atom stereocenters. The molecule has 12 heteroatoms. The molecule has 39 heavy (non-hydrogen) atoms. The minimum atomic E-state index is -2.19. The van der Waals surface area contributed by atoms with Crippen LogP contribution >= 0.6 is 0 Å². The largest absolute Gasteiger partial charge is 0.447 e. The summed E-state index contributed by atoms with van der Waals surface area (Å²) >= 11 is 0. The number of aliphatic hydroxyl groups excluding tert-OH is 3. The molecule has 0 saturated heterocycles. The number of ketones is 2. The number of hydrogen-bond acceptors (Lipinski definition) is 11. The van der Waals surface area contributed by atoms with Crippen LogP contribution in [0.25, 0.3) is 0 Å². The number of Topliss-reactive ketones (excluding diaryl/α,β-unsaturated/α-hetero) is 1. The lowest BCUT2D eigenvalue weighted by Gasteiger charge is -2.62. The zero-order chi connectivity index (χ0) is 28.8. The first-order valence-electron chi connectivity index (χ1n) is 13.4. The predicted molar refractivity (Wildman–Crippen MR) is 130 cm³/mol. The van der Waals surface area contributed by atoms with Gasteiger partial charge in [0.25, 0.3) is 0 Å². The minimum Gasteiger partial charge on any atom is -0.447 e. The van der Waals surface area contributed by atoms with Gasteiger partial charge in [-0.3, -0.25) is 29.6 Å². The molecule has 0 heterocycles. The van der Waals surface area contributed by atoms with Crippen LogP contribution in [0, 0.1) is 22.7 Å². The number of nitrogens with zero attached hydrogens (tertiary/aromatic N) is 1. The molecule has 5 N–H and O–H groups in total. The maximum Gasteiger partial charge on any atom is 0.306 e. The molecule has 8 atom stereocenters. The molecule has 0 aliphatic heterocycles. The summed E-state index contributed by atoms with van der Waals surface area (Å²) in [5, 5.41) is 49.3. The van der Waals surface area contributed by atoms with Crippen LogP contribution in [0.1, 0.15) is 65.2 Å². The van der Waals surface area contributed by atoms with Crippen molar-refractivity contribution in [3.8, 4) is 0 Å². The predicted octanol–water partition coefficient (Wildman–Crippen LogP) is 1.74. The Morgan fingerprint density at radius 3 is 2.51 bits per heavy atom. The highest BCUT2D eigenvalue weighted by Crippen LogP contribution is 2.70. The van der Waals surface area contributed by atoms with Gasteiger partial charge in [-0.25, -0.2) is 4.39 Å². The van der Waals surface area contributed by atoms with Gasteiger partial charge >= 0.3 is 5.97 Å². The Balaban J connectivity index is 1.61. The van der Waals surface area contributed by atoms with Crippen LogP contribution in [0.5, 0.6) is 0 Å². The number of carbonyl (C=O) groups excluding carboxylic acids is 3. The second-order valence-corrected chi connectivity index (χ2v) is 11.7. The molecule has 218 valence electrons. The van der Waals surface area contributed by atoms with Gasteiger partial charge in [0, 0.05) is 23.2 Å². The topological polar surface area (TPSA) is 174 Å². The van der Waals surface area contributed by atoms with Crippen LogP contribution < -0.4 is 0 Å². The van der Waals surface area contributed by atoms with Crippen molar-refractivity contribution in [2.75, 3.05) is 13.2 Å². The molecule has 3 saturated carbocycles. The number of alkyl halides is 1. The Kier molecular flexibility index (Phi) is 8.23. The Morgan fingerprint density at radius 2 is 1.85 bits per heavy atom. The zero-order valence-corrected chi connectivity index (χ0v) is 22.2. The zero-order valence-electron chi connectivity index (χ0n) is 22.2. The highest BCUT2D eigenvalue weighted by atomic mass is 19.1. The molecule has 0 radical (unpaired) electrons. The van der Waals surface area contributed by atoms with Crippen molar-refractivity contribution in [1.82, 2.24) is 5.39 Å². The van der Waals surface area contributed by atoms with Crippen LogP contribution in [0.2, 0.25) is 0 Å². The second-order valence-electron chi connectivity index (χ2n) is 11.7. The summed E-state index contributed by atoms with van der Waals surface area (Å²) in [5.74, 6) is -3.41. The number of carbonyl (C=O) groups is 3. The summed E-state index contributed by atoms with van der Waals surface area (Å²) in [5.41, 5.74) is -6.40. The van der Waals surface area contributed by atoms with E-state index in [1.54, 1.807) is 13.8 Å². The fourth-order valence-corrected chi connectivity index (χ4v) is 8.00. The molecule has 0 bridgehead atoms. The smallest absolute Gasteiger partial charge is 0.306 e. The Bertz CT molecular complexity index is 1060. The van der Waals surface area contributed by atoms with Gasteiger partial charge in [0.1, 0.15) is 12.7 Å². The molecule has 4 aliphatic carbocycles. The van der Waals surface area contributed by atoms with Crippen LogP contribution in [0.4, 0.5) is 4.39 Å². The van der Waals surface area contributed by atoms with Crippen LogP contribution in [0.3, 0.4) is 0 Å². The maximum atomic E-state index is 17.3. The first-order valence-corrected chi connectivity index (χ1v) is 13.4. The van der Waals surface area contributed by atoms with E-state index in [0.29, 0.717) is 31.3 Å². The molecule has 0 aromatic heterocycles. The highest BCUT2D eigenvalue weighted by molar-refractivity contribution is 6.01. The average molecular weight is 556 g/mol. The third kappa shape index (κ3) is 4.50. The van der Waals surface area contributed by atoms with Gasteiger partial charge in [-0.15, -0.1) is 0 Å². The monoisotopic (exact) mass is 555 g/mol. The fraction of sp³-hybridized carbons (Fsp3) is 0.741. The number of allylic oxidation sites excluding steroid dienone is 4. The third-order valence-electron chi connectivity index (χ3n) is 9.89. The van der Waals surface area contributed by atoms with E-state index in [1.807, 2.05) is 0 Å². The summed E-state index contributed by atoms with van der Waals surface area (Å²) in [6.07, 6.45) is 2.43. The van der Waals surface area contributed by atoms with Crippen molar-refractivity contribution in [1.29, 1.82) is 0 Å². The summed E-state index contributed by atoms with van der Waals surface area (Å²) in [6, 6.07) is 0. The first kappa shape index (κ1) is 29.9. The molecule has 4 rings (SSSR count).